The van der Waals surface area contributed by atoms with Crippen molar-refractivity contribution in [2.75, 3.05) is 13.3 Å². The summed E-state index contributed by atoms with van der Waals surface area (Å²) in [5, 5.41) is 0. The van der Waals surface area contributed by atoms with Crippen LogP contribution in [0.1, 0.15) is 120 Å². The fourth-order valence-electron chi connectivity index (χ4n) is 5.87. The van der Waals surface area contributed by atoms with Crippen molar-refractivity contribution in [3.8, 4) is 11.5 Å². The molecule has 3 nitrogen and oxygen atoms in total. The minimum Gasteiger partial charge on any atom is -0.454 e. The molecule has 4 heteroatoms. The normalized spacial score (nSPS) is 16.9. The van der Waals surface area contributed by atoms with Crippen LogP contribution in [0.3, 0.4) is 0 Å². The highest BCUT2D eigenvalue weighted by Gasteiger charge is 2.30. The highest BCUT2D eigenvalue weighted by molar-refractivity contribution is 5.50. The van der Waals surface area contributed by atoms with Gasteiger partial charge in [-0.2, -0.15) is 0 Å². The predicted octanol–water partition coefficient (Wildman–Crippen LogP) is 9.14. The van der Waals surface area contributed by atoms with Crippen molar-refractivity contribution in [2.24, 2.45) is 0 Å². The maximum Gasteiger partial charge on any atom is 0.231 e. The zero-order chi connectivity index (χ0) is 25.0. The largest absolute Gasteiger partial charge is 0.454 e. The molecule has 4 rings (SSSR count). The van der Waals surface area contributed by atoms with Crippen molar-refractivity contribution in [1.82, 2.24) is 4.90 Å². The molecule has 198 valence electrons. The first-order chi connectivity index (χ1) is 17.8. The van der Waals surface area contributed by atoms with E-state index in [1.807, 2.05) is 12.1 Å². The fraction of sp³-hybridized carbons (Fsp3) is 0.625. The molecular weight excluding hydrogens is 449 g/mol. The van der Waals surface area contributed by atoms with E-state index in [1.165, 1.54) is 94.6 Å². The lowest BCUT2D eigenvalue weighted by atomic mass is 9.88. The highest BCUT2D eigenvalue weighted by atomic mass is 19.1. The first kappa shape index (κ1) is 27.0. The molecule has 2 heterocycles. The van der Waals surface area contributed by atoms with Crippen molar-refractivity contribution in [1.29, 1.82) is 0 Å². The molecule has 0 fully saturated rings. The van der Waals surface area contributed by atoms with Crippen LogP contribution in [0.25, 0.3) is 0 Å². The van der Waals surface area contributed by atoms with E-state index in [2.05, 4.69) is 24.0 Å². The summed E-state index contributed by atoms with van der Waals surface area (Å²) in [5.74, 6) is 1.63. The Morgan fingerprint density at radius 1 is 0.806 bits per heavy atom. The first-order valence-electron chi connectivity index (χ1n) is 14.7. The van der Waals surface area contributed by atoms with Crippen molar-refractivity contribution in [3.05, 3.63) is 58.9 Å². The Hall–Kier alpha value is -2.07. The van der Waals surface area contributed by atoms with Crippen LogP contribution in [0.4, 0.5) is 4.39 Å². The molecule has 2 aliphatic rings. The van der Waals surface area contributed by atoms with E-state index < -0.39 is 0 Å². The van der Waals surface area contributed by atoms with E-state index in [0.29, 0.717) is 19.4 Å². The third-order valence-electron chi connectivity index (χ3n) is 8.01. The number of nitrogens with zero attached hydrogens (tertiary/aromatic N) is 1. The van der Waals surface area contributed by atoms with Gasteiger partial charge in [0.05, 0.1) is 0 Å². The van der Waals surface area contributed by atoms with Crippen LogP contribution in [-0.4, -0.2) is 18.2 Å². The zero-order valence-electron chi connectivity index (χ0n) is 22.4. The quantitative estimate of drug-likeness (QED) is 0.217. The van der Waals surface area contributed by atoms with Crippen LogP contribution >= 0.6 is 0 Å². The maximum atomic E-state index is 14.5. The number of rotatable bonds is 16. The van der Waals surface area contributed by atoms with Crippen LogP contribution in [0, 0.1) is 5.82 Å². The van der Waals surface area contributed by atoms with Gasteiger partial charge in [0.1, 0.15) is 5.82 Å². The minimum atomic E-state index is -0.103. The smallest absolute Gasteiger partial charge is 0.231 e. The molecule has 0 aliphatic carbocycles. The molecule has 2 aromatic carbocycles. The summed E-state index contributed by atoms with van der Waals surface area (Å²) in [6, 6.07) is 11.9. The second-order valence-corrected chi connectivity index (χ2v) is 10.8. The standard InChI is InChI=1S/C32H46FNO2/c1-2-3-4-5-6-7-8-9-10-11-12-13-14-19-30-28-23-32-31(35-25-36-32)22-26(28)20-21-34(30)24-27-17-15-16-18-29(27)33/h15-18,22-23,30H,2-14,19-21,24-25H2,1H3. The van der Waals surface area contributed by atoms with Crippen molar-refractivity contribution < 1.29 is 13.9 Å². The molecule has 1 atom stereocenters. The number of unbranched alkanes of at least 4 members (excludes halogenated alkanes) is 12. The molecule has 0 amide bonds. The lowest BCUT2D eigenvalue weighted by molar-refractivity contribution is 0.161. The molecular formula is C32H46FNO2. The van der Waals surface area contributed by atoms with Crippen LogP contribution in [0.15, 0.2) is 36.4 Å². The third kappa shape index (κ3) is 7.71. The molecule has 0 spiro atoms. The van der Waals surface area contributed by atoms with Crippen molar-refractivity contribution in [3.63, 3.8) is 0 Å². The topological polar surface area (TPSA) is 21.7 Å². The summed E-state index contributed by atoms with van der Waals surface area (Å²) in [5.41, 5.74) is 3.50. The summed E-state index contributed by atoms with van der Waals surface area (Å²) in [4.78, 5) is 2.48. The SMILES string of the molecule is CCCCCCCCCCCCCCCC1c2cc3c(cc2CCN1Cc1ccccc1F)OCO3. The van der Waals surface area contributed by atoms with Gasteiger partial charge in [-0.1, -0.05) is 109 Å². The summed E-state index contributed by atoms with van der Waals surface area (Å²) in [7, 11) is 0. The molecule has 2 aliphatic heterocycles. The van der Waals surface area contributed by atoms with Gasteiger partial charge in [0.25, 0.3) is 0 Å². The van der Waals surface area contributed by atoms with Crippen molar-refractivity contribution in [2.45, 2.75) is 116 Å². The van der Waals surface area contributed by atoms with Crippen LogP contribution < -0.4 is 9.47 Å². The third-order valence-corrected chi connectivity index (χ3v) is 8.01. The minimum absolute atomic E-state index is 0.103. The number of benzene rings is 2. The lowest BCUT2D eigenvalue weighted by Gasteiger charge is -2.38. The van der Waals surface area contributed by atoms with E-state index in [9.17, 15) is 4.39 Å². The maximum absolute atomic E-state index is 14.5. The Morgan fingerprint density at radius 2 is 1.42 bits per heavy atom. The Morgan fingerprint density at radius 3 is 2.08 bits per heavy atom. The van der Waals surface area contributed by atoms with E-state index in [0.717, 1.165) is 36.4 Å². The average Bonchev–Trinajstić information content (AvgIpc) is 3.35. The van der Waals surface area contributed by atoms with E-state index in [1.54, 1.807) is 12.1 Å². The Labute approximate surface area is 218 Å². The van der Waals surface area contributed by atoms with Gasteiger partial charge in [-0.05, 0) is 42.2 Å². The van der Waals surface area contributed by atoms with E-state index >= 15 is 0 Å². The summed E-state index contributed by atoms with van der Waals surface area (Å²) in [6.45, 7) is 4.19. The summed E-state index contributed by atoms with van der Waals surface area (Å²) < 4.78 is 25.8. The summed E-state index contributed by atoms with van der Waals surface area (Å²) >= 11 is 0. The molecule has 2 aromatic rings. The molecule has 1 unspecified atom stereocenters. The highest BCUT2D eigenvalue weighted by Crippen LogP contribution is 2.42. The van der Waals surface area contributed by atoms with Gasteiger partial charge in [-0.15, -0.1) is 0 Å². The molecule has 36 heavy (non-hydrogen) atoms. The number of fused-ring (bicyclic) bond motifs is 2. The number of halogens is 1. The molecule has 0 bridgehead atoms. The monoisotopic (exact) mass is 495 g/mol. The number of ether oxygens (including phenoxy) is 2. The fourth-order valence-corrected chi connectivity index (χ4v) is 5.87. The van der Waals surface area contributed by atoms with Gasteiger partial charge in [0, 0.05) is 24.7 Å². The molecule has 0 saturated carbocycles. The molecule has 0 radical (unpaired) electrons. The number of hydrogen-bond acceptors (Lipinski definition) is 3. The summed E-state index contributed by atoms with van der Waals surface area (Å²) in [6.07, 6.45) is 19.9. The van der Waals surface area contributed by atoms with Crippen LogP contribution in [0.5, 0.6) is 11.5 Å². The molecule has 0 N–H and O–H groups in total. The van der Waals surface area contributed by atoms with Crippen molar-refractivity contribution >= 4 is 0 Å². The number of hydrogen-bond donors (Lipinski definition) is 0. The van der Waals surface area contributed by atoms with Gasteiger partial charge in [-0.3, -0.25) is 4.90 Å². The van der Waals surface area contributed by atoms with Crippen LogP contribution in [0.2, 0.25) is 0 Å². The van der Waals surface area contributed by atoms with E-state index in [-0.39, 0.29) is 5.82 Å². The Balaban J connectivity index is 1.24. The second-order valence-electron chi connectivity index (χ2n) is 10.8. The zero-order valence-corrected chi connectivity index (χ0v) is 22.4. The van der Waals surface area contributed by atoms with Gasteiger partial charge in [0.2, 0.25) is 6.79 Å². The Kier molecular flexibility index (Phi) is 11.0. The first-order valence-corrected chi connectivity index (χ1v) is 14.7. The van der Waals surface area contributed by atoms with Crippen LogP contribution in [-0.2, 0) is 13.0 Å². The van der Waals surface area contributed by atoms with Gasteiger partial charge in [0.15, 0.2) is 11.5 Å². The average molecular weight is 496 g/mol. The molecule has 0 aromatic heterocycles. The predicted molar refractivity (Wildman–Crippen MR) is 146 cm³/mol. The lowest BCUT2D eigenvalue weighted by Crippen LogP contribution is -2.35. The Bertz CT molecular complexity index is 930. The second kappa shape index (κ2) is 14.6. The molecule has 0 saturated heterocycles. The van der Waals surface area contributed by atoms with Gasteiger partial charge >= 0.3 is 0 Å². The van der Waals surface area contributed by atoms with Gasteiger partial charge in [-0.25, -0.2) is 4.39 Å². The van der Waals surface area contributed by atoms with E-state index in [4.69, 9.17) is 9.47 Å². The van der Waals surface area contributed by atoms with Gasteiger partial charge < -0.3 is 9.47 Å².